The van der Waals surface area contributed by atoms with Crippen molar-refractivity contribution in [3.8, 4) is 16.9 Å². The van der Waals surface area contributed by atoms with Gasteiger partial charge in [-0.05, 0) is 48.6 Å². The molecular weight excluding hydrogens is 290 g/mol. The molecule has 0 N–H and O–H groups in total. The standard InChI is InChI=1S/C23H27N/c1-4-9-20-17-24(21-11-7-6-8-12-21)23(22(20)10-5-2)19-15-13-18(3)14-16-19/h6-8,11-17H,4-5,9-10H2,1-3H3. The molecule has 0 atom stereocenters. The monoisotopic (exact) mass is 317 g/mol. The van der Waals surface area contributed by atoms with Gasteiger partial charge in [0, 0.05) is 11.9 Å². The van der Waals surface area contributed by atoms with Crippen molar-refractivity contribution < 1.29 is 0 Å². The molecular formula is C23H27N. The van der Waals surface area contributed by atoms with E-state index in [0.717, 1.165) is 12.8 Å². The Morgan fingerprint density at radius 2 is 1.46 bits per heavy atom. The van der Waals surface area contributed by atoms with Gasteiger partial charge in [-0.2, -0.15) is 0 Å². The van der Waals surface area contributed by atoms with E-state index in [1.54, 1.807) is 0 Å². The van der Waals surface area contributed by atoms with Gasteiger partial charge in [-0.15, -0.1) is 0 Å². The molecule has 3 aromatic rings. The summed E-state index contributed by atoms with van der Waals surface area (Å²) in [5, 5.41) is 0. The third-order valence-corrected chi connectivity index (χ3v) is 4.58. The maximum absolute atomic E-state index is 2.39. The SMILES string of the molecule is CCCc1cn(-c2ccccc2)c(-c2ccc(C)cc2)c1CCC. The molecule has 3 rings (SSSR count). The summed E-state index contributed by atoms with van der Waals surface area (Å²) in [4.78, 5) is 0. The van der Waals surface area contributed by atoms with Crippen LogP contribution in [0.4, 0.5) is 0 Å². The molecule has 1 nitrogen and oxygen atoms in total. The molecule has 0 fully saturated rings. The molecule has 1 heterocycles. The average molecular weight is 317 g/mol. The second kappa shape index (κ2) is 7.53. The zero-order valence-electron chi connectivity index (χ0n) is 15.0. The Morgan fingerprint density at radius 3 is 2.08 bits per heavy atom. The molecule has 0 aliphatic carbocycles. The summed E-state index contributed by atoms with van der Waals surface area (Å²) < 4.78 is 2.39. The van der Waals surface area contributed by atoms with Gasteiger partial charge in [0.1, 0.15) is 0 Å². The second-order valence-electron chi connectivity index (χ2n) is 6.55. The third kappa shape index (κ3) is 3.31. The summed E-state index contributed by atoms with van der Waals surface area (Å²) in [6.45, 7) is 6.69. The molecule has 1 heteroatoms. The number of hydrogen-bond donors (Lipinski definition) is 0. The number of nitrogens with zero attached hydrogens (tertiary/aromatic N) is 1. The van der Waals surface area contributed by atoms with Crippen molar-refractivity contribution >= 4 is 0 Å². The normalized spacial score (nSPS) is 11.0. The molecule has 0 bridgehead atoms. The largest absolute Gasteiger partial charge is 0.316 e. The predicted molar refractivity (Wildman–Crippen MR) is 104 cm³/mol. The van der Waals surface area contributed by atoms with Gasteiger partial charge in [0.2, 0.25) is 0 Å². The lowest BCUT2D eigenvalue weighted by Crippen LogP contribution is -1.97. The summed E-state index contributed by atoms with van der Waals surface area (Å²) in [5.74, 6) is 0. The highest BCUT2D eigenvalue weighted by molar-refractivity contribution is 5.69. The van der Waals surface area contributed by atoms with E-state index >= 15 is 0 Å². The van der Waals surface area contributed by atoms with Crippen molar-refractivity contribution in [1.29, 1.82) is 0 Å². The van der Waals surface area contributed by atoms with E-state index in [0.29, 0.717) is 0 Å². The van der Waals surface area contributed by atoms with Gasteiger partial charge < -0.3 is 4.57 Å². The van der Waals surface area contributed by atoms with Gasteiger partial charge in [0.25, 0.3) is 0 Å². The van der Waals surface area contributed by atoms with Crippen LogP contribution >= 0.6 is 0 Å². The first-order valence-electron chi connectivity index (χ1n) is 9.10. The Bertz CT molecular complexity index is 779. The van der Waals surface area contributed by atoms with Gasteiger partial charge in [-0.3, -0.25) is 0 Å². The third-order valence-electron chi connectivity index (χ3n) is 4.58. The maximum atomic E-state index is 2.39. The molecule has 124 valence electrons. The zero-order valence-corrected chi connectivity index (χ0v) is 15.0. The van der Waals surface area contributed by atoms with Crippen LogP contribution in [-0.2, 0) is 12.8 Å². The van der Waals surface area contributed by atoms with Crippen LogP contribution in [0.2, 0.25) is 0 Å². The van der Waals surface area contributed by atoms with Crippen molar-refractivity contribution in [3.05, 3.63) is 77.5 Å². The lowest BCUT2D eigenvalue weighted by molar-refractivity contribution is 0.870. The maximum Gasteiger partial charge on any atom is 0.0563 e. The van der Waals surface area contributed by atoms with E-state index in [2.05, 4.69) is 86.1 Å². The van der Waals surface area contributed by atoms with Gasteiger partial charge in [-0.25, -0.2) is 0 Å². The Balaban J connectivity index is 2.23. The van der Waals surface area contributed by atoms with Crippen LogP contribution in [0.1, 0.15) is 43.4 Å². The zero-order chi connectivity index (χ0) is 16.9. The van der Waals surface area contributed by atoms with Gasteiger partial charge in [0.05, 0.1) is 5.69 Å². The lowest BCUT2D eigenvalue weighted by Gasteiger charge is -2.12. The number of aromatic nitrogens is 1. The van der Waals surface area contributed by atoms with Crippen molar-refractivity contribution in [2.45, 2.75) is 46.5 Å². The lowest BCUT2D eigenvalue weighted by atomic mass is 9.98. The minimum Gasteiger partial charge on any atom is -0.316 e. The fourth-order valence-corrected chi connectivity index (χ4v) is 3.43. The quantitative estimate of drug-likeness (QED) is 0.498. The summed E-state index contributed by atoms with van der Waals surface area (Å²) >= 11 is 0. The van der Waals surface area contributed by atoms with E-state index in [1.807, 2.05) is 0 Å². The molecule has 2 aromatic carbocycles. The molecule has 0 spiro atoms. The van der Waals surface area contributed by atoms with Crippen LogP contribution in [-0.4, -0.2) is 4.57 Å². The summed E-state index contributed by atoms with van der Waals surface area (Å²) in [7, 11) is 0. The van der Waals surface area contributed by atoms with Crippen molar-refractivity contribution in [2.75, 3.05) is 0 Å². The number of hydrogen-bond acceptors (Lipinski definition) is 0. The van der Waals surface area contributed by atoms with Crippen LogP contribution in [0, 0.1) is 6.92 Å². The molecule has 24 heavy (non-hydrogen) atoms. The summed E-state index contributed by atoms with van der Waals surface area (Å²) in [5.41, 5.74) is 8.25. The average Bonchev–Trinajstić information content (AvgIpc) is 2.96. The van der Waals surface area contributed by atoms with Gasteiger partial charge >= 0.3 is 0 Å². The highest BCUT2D eigenvalue weighted by Gasteiger charge is 2.17. The molecule has 0 radical (unpaired) electrons. The number of para-hydroxylation sites is 1. The van der Waals surface area contributed by atoms with Crippen molar-refractivity contribution in [3.63, 3.8) is 0 Å². The Morgan fingerprint density at radius 1 is 0.792 bits per heavy atom. The van der Waals surface area contributed by atoms with E-state index in [-0.39, 0.29) is 0 Å². The molecule has 0 saturated heterocycles. The number of benzene rings is 2. The van der Waals surface area contributed by atoms with Gasteiger partial charge in [0.15, 0.2) is 0 Å². The highest BCUT2D eigenvalue weighted by Crippen LogP contribution is 2.33. The molecule has 0 aliphatic heterocycles. The summed E-state index contributed by atoms with van der Waals surface area (Å²) in [6.07, 6.45) is 7.00. The van der Waals surface area contributed by atoms with Crippen LogP contribution in [0.3, 0.4) is 0 Å². The fraction of sp³-hybridized carbons (Fsp3) is 0.304. The minimum absolute atomic E-state index is 1.14. The topological polar surface area (TPSA) is 4.93 Å². The Hall–Kier alpha value is -2.28. The number of aryl methyl sites for hydroxylation is 2. The summed E-state index contributed by atoms with van der Waals surface area (Å²) in [6, 6.07) is 19.7. The Labute approximate surface area is 146 Å². The van der Waals surface area contributed by atoms with Crippen LogP contribution in [0.15, 0.2) is 60.8 Å². The van der Waals surface area contributed by atoms with Crippen LogP contribution < -0.4 is 0 Å². The van der Waals surface area contributed by atoms with E-state index in [9.17, 15) is 0 Å². The van der Waals surface area contributed by atoms with Crippen LogP contribution in [0.25, 0.3) is 16.9 Å². The Kier molecular flexibility index (Phi) is 5.20. The first kappa shape index (κ1) is 16.6. The second-order valence-corrected chi connectivity index (χ2v) is 6.55. The van der Waals surface area contributed by atoms with Crippen molar-refractivity contribution in [2.24, 2.45) is 0 Å². The molecule has 0 unspecified atom stereocenters. The van der Waals surface area contributed by atoms with Gasteiger partial charge in [-0.1, -0.05) is 74.7 Å². The fourth-order valence-electron chi connectivity index (χ4n) is 3.43. The first-order chi connectivity index (χ1) is 11.7. The minimum atomic E-state index is 1.14. The van der Waals surface area contributed by atoms with E-state index < -0.39 is 0 Å². The molecule has 0 amide bonds. The van der Waals surface area contributed by atoms with E-state index in [1.165, 1.54) is 46.5 Å². The molecule has 1 aromatic heterocycles. The van der Waals surface area contributed by atoms with E-state index in [4.69, 9.17) is 0 Å². The highest BCUT2D eigenvalue weighted by atomic mass is 15.0. The molecule has 0 aliphatic rings. The number of rotatable bonds is 6. The molecule has 0 saturated carbocycles. The van der Waals surface area contributed by atoms with Crippen molar-refractivity contribution in [1.82, 2.24) is 4.57 Å². The predicted octanol–water partition coefficient (Wildman–Crippen LogP) is 6.36. The first-order valence-corrected chi connectivity index (χ1v) is 9.10. The smallest absolute Gasteiger partial charge is 0.0563 e. The van der Waals surface area contributed by atoms with Crippen LogP contribution in [0.5, 0.6) is 0 Å².